The SMILES string of the molecule is C.C.C.C.CC(C)C(C)C(C)C.CC(C)CC(C)C.CC(C)CC(C)C.CC(C)N(C)C(C)C.CC(C)NC(C)C.CC(C)OC(C)C.CC(C)SC(C)C. The van der Waals surface area contributed by atoms with E-state index in [9.17, 15) is 0 Å². The molecule has 3 nitrogen and oxygen atoms in total. The molecule has 0 radical (unpaired) electrons. The maximum absolute atomic E-state index is 5.25. The van der Waals surface area contributed by atoms with Gasteiger partial charge in [-0.05, 0) is 127 Å². The molecule has 0 fully saturated rings. The highest BCUT2D eigenvalue weighted by Crippen LogP contribution is 2.18. The average molecular weight is 816 g/mol. The summed E-state index contributed by atoms with van der Waals surface area (Å²) in [4.78, 5) is 2.33. The van der Waals surface area contributed by atoms with Crippen LogP contribution in [0.2, 0.25) is 0 Å². The summed E-state index contributed by atoms with van der Waals surface area (Å²) in [5.41, 5.74) is 0. The second-order valence-electron chi connectivity index (χ2n) is 19.2. The lowest BCUT2D eigenvalue weighted by Gasteiger charge is -2.24. The quantitative estimate of drug-likeness (QED) is 0.189. The molecular formula is C51H126N2OS. The number of ether oxygens (including phenoxy) is 1. The summed E-state index contributed by atoms with van der Waals surface area (Å²) in [5.74, 6) is 6.06. The Hall–Kier alpha value is 0.230. The Bertz CT molecular complexity index is 461. The first-order valence-corrected chi connectivity index (χ1v) is 22.5. The zero-order valence-corrected chi connectivity index (χ0v) is 42.7. The fourth-order valence-corrected chi connectivity index (χ4v) is 6.10. The van der Waals surface area contributed by atoms with Gasteiger partial charge in [-0.3, -0.25) is 0 Å². The number of nitrogens with one attached hydrogen (secondary N) is 1. The second kappa shape index (κ2) is 54.2. The monoisotopic (exact) mass is 815 g/mol. The highest BCUT2D eigenvalue weighted by molar-refractivity contribution is 8.00. The van der Waals surface area contributed by atoms with Crippen LogP contribution in [-0.2, 0) is 4.74 Å². The van der Waals surface area contributed by atoms with Crippen molar-refractivity contribution in [3.63, 3.8) is 0 Å². The Balaban J connectivity index is -0.0000000451. The van der Waals surface area contributed by atoms with E-state index in [1.807, 2.05) is 39.5 Å². The van der Waals surface area contributed by atoms with Crippen LogP contribution in [0.3, 0.4) is 0 Å². The molecule has 0 spiro atoms. The Labute approximate surface area is 364 Å². The van der Waals surface area contributed by atoms with Crippen LogP contribution in [0.5, 0.6) is 0 Å². The van der Waals surface area contributed by atoms with Gasteiger partial charge in [0.05, 0.1) is 12.2 Å². The van der Waals surface area contributed by atoms with E-state index in [1.165, 1.54) is 12.8 Å². The van der Waals surface area contributed by atoms with Crippen molar-refractivity contribution < 1.29 is 4.74 Å². The van der Waals surface area contributed by atoms with Crippen molar-refractivity contribution in [1.29, 1.82) is 0 Å². The van der Waals surface area contributed by atoms with Gasteiger partial charge in [-0.25, -0.2) is 0 Å². The summed E-state index contributed by atoms with van der Waals surface area (Å²) in [5, 5.41) is 4.89. The molecule has 0 bridgehead atoms. The molecule has 0 saturated carbocycles. The van der Waals surface area contributed by atoms with Gasteiger partial charge in [0.25, 0.3) is 0 Å². The first kappa shape index (κ1) is 83.0. The van der Waals surface area contributed by atoms with Gasteiger partial charge < -0.3 is 15.0 Å². The number of hydrogen-bond acceptors (Lipinski definition) is 4. The van der Waals surface area contributed by atoms with Crippen molar-refractivity contribution >= 4 is 11.8 Å². The van der Waals surface area contributed by atoms with Crippen molar-refractivity contribution in [2.75, 3.05) is 7.05 Å². The molecule has 0 atom stereocenters. The van der Waals surface area contributed by atoms with Crippen molar-refractivity contribution in [2.45, 2.75) is 290 Å². The lowest BCUT2D eigenvalue weighted by atomic mass is 9.88. The van der Waals surface area contributed by atoms with E-state index in [-0.39, 0.29) is 29.7 Å². The Morgan fingerprint density at radius 1 is 0.400 bits per heavy atom. The molecule has 4 heteroatoms. The first-order chi connectivity index (χ1) is 22.7. The molecular weight excluding hydrogens is 689 g/mol. The van der Waals surface area contributed by atoms with Crippen LogP contribution < -0.4 is 5.32 Å². The summed E-state index contributed by atoms with van der Waals surface area (Å²) < 4.78 is 5.25. The Morgan fingerprint density at radius 3 is 0.618 bits per heavy atom. The summed E-state index contributed by atoms with van der Waals surface area (Å²) in [6.45, 7) is 64.1. The number of rotatable bonds is 14. The number of nitrogens with zero attached hydrogens (tertiary/aromatic N) is 1. The highest BCUT2D eigenvalue weighted by Gasteiger charge is 2.10. The molecule has 0 rings (SSSR count). The molecule has 0 aromatic rings. The summed E-state index contributed by atoms with van der Waals surface area (Å²) in [6.07, 6.45) is 3.47. The first-order valence-electron chi connectivity index (χ1n) is 21.5. The lowest BCUT2D eigenvalue weighted by Crippen LogP contribution is -2.32. The Morgan fingerprint density at radius 2 is 0.618 bits per heavy atom. The molecule has 0 saturated heterocycles. The van der Waals surface area contributed by atoms with Crippen LogP contribution >= 0.6 is 11.8 Å². The predicted octanol–water partition coefficient (Wildman–Crippen LogP) is 18.3. The van der Waals surface area contributed by atoms with Gasteiger partial charge in [-0.15, -0.1) is 0 Å². The van der Waals surface area contributed by atoms with Gasteiger partial charge >= 0.3 is 0 Å². The molecule has 0 aliphatic carbocycles. The predicted molar refractivity (Wildman–Crippen MR) is 275 cm³/mol. The van der Waals surface area contributed by atoms with E-state index in [1.54, 1.807) is 0 Å². The average Bonchev–Trinajstić information content (AvgIpc) is 2.85. The fourth-order valence-electron chi connectivity index (χ4n) is 5.01. The van der Waals surface area contributed by atoms with E-state index in [0.717, 1.165) is 51.9 Å². The minimum Gasteiger partial charge on any atom is -0.376 e. The normalized spacial score (nSPS) is 10.6. The van der Waals surface area contributed by atoms with Gasteiger partial charge in [-0.2, -0.15) is 11.8 Å². The standard InChI is InChI=1S/C8H18.C7H17N.2C7H16.C6H15N.C6H14O.C6H14S.4CH4/c2*1-6(2)8(5)7(3)4;2*1-6(2)5-7(3)4;3*1-5(2)7-6(3)4;;;;/h6-8H,1-5H3;6-7H,1-5H3;2*6-7H,5H2,1-4H3;5-7H,1-4H3;2*5-6H,1-4H3;4*1H4. The molecule has 0 aromatic heterocycles. The summed E-state index contributed by atoms with van der Waals surface area (Å²) in [7, 11) is 2.15. The smallest absolute Gasteiger partial charge is 0.0522 e. The zero-order chi connectivity index (χ0) is 42.8. The van der Waals surface area contributed by atoms with E-state index in [0.29, 0.717) is 36.4 Å². The molecule has 0 aliphatic rings. The minimum absolute atomic E-state index is 0. The van der Waals surface area contributed by atoms with Crippen LogP contribution in [0.25, 0.3) is 0 Å². The topological polar surface area (TPSA) is 24.5 Å². The fraction of sp³-hybridized carbons (Fsp3) is 1.00. The van der Waals surface area contributed by atoms with Crippen LogP contribution in [0.4, 0.5) is 0 Å². The second-order valence-corrected chi connectivity index (χ2v) is 21.3. The van der Waals surface area contributed by atoms with Crippen LogP contribution in [0, 0.1) is 41.4 Å². The van der Waals surface area contributed by atoms with Crippen LogP contribution in [-0.4, -0.2) is 58.8 Å². The third-order valence-electron chi connectivity index (χ3n) is 7.37. The highest BCUT2D eigenvalue weighted by atomic mass is 32.2. The van der Waals surface area contributed by atoms with Crippen molar-refractivity contribution in [3.05, 3.63) is 0 Å². The van der Waals surface area contributed by atoms with E-state index < -0.39 is 0 Å². The molecule has 0 unspecified atom stereocenters. The molecule has 0 aromatic carbocycles. The van der Waals surface area contributed by atoms with Crippen LogP contribution in [0.15, 0.2) is 0 Å². The largest absolute Gasteiger partial charge is 0.376 e. The van der Waals surface area contributed by atoms with Crippen molar-refractivity contribution in [1.82, 2.24) is 10.2 Å². The van der Waals surface area contributed by atoms with E-state index in [4.69, 9.17) is 4.74 Å². The number of thioether (sulfide) groups is 1. The maximum Gasteiger partial charge on any atom is 0.0522 e. The molecule has 0 heterocycles. The van der Waals surface area contributed by atoms with Crippen molar-refractivity contribution in [3.8, 4) is 0 Å². The zero-order valence-electron chi connectivity index (χ0n) is 41.8. The minimum atomic E-state index is 0. The molecule has 352 valence electrons. The summed E-state index contributed by atoms with van der Waals surface area (Å²) >= 11 is 2.01. The Kier molecular flexibility index (Phi) is 81.9. The van der Waals surface area contributed by atoms with Gasteiger partial charge in [0.2, 0.25) is 0 Å². The third-order valence-corrected chi connectivity index (χ3v) is 8.46. The van der Waals surface area contributed by atoms with Gasteiger partial charge in [0.15, 0.2) is 0 Å². The molecule has 0 aliphatic heterocycles. The van der Waals surface area contributed by atoms with E-state index >= 15 is 0 Å². The third kappa shape index (κ3) is 113. The number of hydrogen-bond donors (Lipinski definition) is 1. The van der Waals surface area contributed by atoms with Gasteiger partial charge in [0.1, 0.15) is 0 Å². The molecule has 0 amide bonds. The van der Waals surface area contributed by atoms with Crippen LogP contribution in [0.1, 0.15) is 243 Å². The molecule has 55 heavy (non-hydrogen) atoms. The maximum atomic E-state index is 5.25. The van der Waals surface area contributed by atoms with Gasteiger partial charge in [-0.1, -0.05) is 175 Å². The summed E-state index contributed by atoms with van der Waals surface area (Å²) in [6, 6.07) is 2.60. The lowest BCUT2D eigenvalue weighted by molar-refractivity contribution is 0.0300. The molecule has 1 N–H and O–H groups in total. The van der Waals surface area contributed by atoms with E-state index in [2.05, 4.69) is 190 Å². The van der Waals surface area contributed by atoms with Gasteiger partial charge in [0, 0.05) is 24.2 Å². The van der Waals surface area contributed by atoms with Crippen molar-refractivity contribution in [2.24, 2.45) is 41.4 Å².